The van der Waals surface area contributed by atoms with Crippen LogP contribution in [0.2, 0.25) is 0 Å². The highest BCUT2D eigenvalue weighted by Gasteiger charge is 2.24. The summed E-state index contributed by atoms with van der Waals surface area (Å²) in [4.78, 5) is 29.7. The van der Waals surface area contributed by atoms with Crippen molar-refractivity contribution in [1.82, 2.24) is 9.88 Å². The van der Waals surface area contributed by atoms with Gasteiger partial charge in [0, 0.05) is 22.5 Å². The number of nitrogens with one attached hydrogen (secondary N) is 1. The van der Waals surface area contributed by atoms with Gasteiger partial charge in [-0.25, -0.2) is 4.98 Å². The van der Waals surface area contributed by atoms with E-state index in [9.17, 15) is 14.9 Å². The van der Waals surface area contributed by atoms with Crippen molar-refractivity contribution in [3.05, 3.63) is 62.1 Å². The van der Waals surface area contributed by atoms with E-state index >= 15 is 0 Å². The van der Waals surface area contributed by atoms with Crippen LogP contribution in [0, 0.1) is 10.1 Å². The number of aromatic nitrogens is 1. The number of halogens is 1. The number of thiazole rings is 1. The van der Waals surface area contributed by atoms with Crippen molar-refractivity contribution >= 4 is 54.8 Å². The number of para-hydroxylation sites is 1. The maximum absolute atomic E-state index is 12.4. The van der Waals surface area contributed by atoms with Crippen molar-refractivity contribution in [3.8, 4) is 0 Å². The number of amides is 1. The zero-order valence-electron chi connectivity index (χ0n) is 15.5. The zero-order chi connectivity index (χ0) is 20.4. The van der Waals surface area contributed by atoms with Crippen LogP contribution in [0.3, 0.4) is 0 Å². The van der Waals surface area contributed by atoms with Crippen LogP contribution in [0.1, 0.15) is 23.8 Å². The van der Waals surface area contributed by atoms with Crippen molar-refractivity contribution in [2.24, 2.45) is 0 Å². The third-order valence-corrected chi connectivity index (χ3v) is 6.91. The maximum atomic E-state index is 12.4. The molecule has 0 bridgehead atoms. The fourth-order valence-electron chi connectivity index (χ4n) is 3.51. The summed E-state index contributed by atoms with van der Waals surface area (Å²) in [6, 6.07) is 12.5. The number of carbonyl (C=O) groups excluding carboxylic acids is 1. The number of piperidine rings is 1. The molecule has 1 aromatic heterocycles. The fourth-order valence-corrected chi connectivity index (χ4v) is 5.12. The normalized spacial score (nSPS) is 15.5. The van der Waals surface area contributed by atoms with Crippen LogP contribution in [0.5, 0.6) is 0 Å². The highest BCUT2D eigenvalue weighted by Crippen LogP contribution is 2.34. The Hall–Kier alpha value is -2.36. The van der Waals surface area contributed by atoms with E-state index in [1.807, 2.05) is 18.2 Å². The first-order valence-electron chi connectivity index (χ1n) is 9.31. The maximum Gasteiger partial charge on any atom is 0.270 e. The van der Waals surface area contributed by atoms with Gasteiger partial charge in [-0.1, -0.05) is 12.1 Å². The molecule has 1 saturated heterocycles. The standard InChI is InChI=1S/C20H19BrN4O3S/c21-15-11-14(25(27)28)5-6-16(15)22-19(26)12-24-9-7-13(8-10-24)20-23-17-3-1-2-4-18(17)29-20/h1-6,11,13H,7-10,12H2,(H,22,26). The van der Waals surface area contributed by atoms with Crippen molar-refractivity contribution < 1.29 is 9.72 Å². The van der Waals surface area contributed by atoms with Gasteiger partial charge in [0.05, 0.1) is 32.4 Å². The zero-order valence-corrected chi connectivity index (χ0v) is 17.9. The van der Waals surface area contributed by atoms with Crippen molar-refractivity contribution in [2.45, 2.75) is 18.8 Å². The number of fused-ring (bicyclic) bond motifs is 1. The number of nitro benzene ring substituents is 1. The Morgan fingerprint density at radius 1 is 1.28 bits per heavy atom. The highest BCUT2D eigenvalue weighted by molar-refractivity contribution is 9.10. The number of carbonyl (C=O) groups is 1. The number of nitro groups is 1. The number of likely N-dealkylation sites (tertiary alicyclic amines) is 1. The molecular weight excluding hydrogens is 456 g/mol. The number of benzene rings is 2. The first-order valence-corrected chi connectivity index (χ1v) is 10.9. The molecule has 1 fully saturated rings. The van der Waals surface area contributed by atoms with Gasteiger partial charge in [0.2, 0.25) is 5.91 Å². The van der Waals surface area contributed by atoms with E-state index in [-0.39, 0.29) is 11.6 Å². The number of rotatable bonds is 5. The molecule has 150 valence electrons. The first-order chi connectivity index (χ1) is 14.0. The summed E-state index contributed by atoms with van der Waals surface area (Å²) in [6.45, 7) is 1.99. The van der Waals surface area contributed by atoms with Gasteiger partial charge in [-0.15, -0.1) is 11.3 Å². The van der Waals surface area contributed by atoms with Gasteiger partial charge < -0.3 is 5.32 Å². The second kappa shape index (κ2) is 8.56. The Balaban J connectivity index is 1.31. The van der Waals surface area contributed by atoms with Crippen LogP contribution in [0.15, 0.2) is 46.9 Å². The molecule has 1 aliphatic rings. The van der Waals surface area contributed by atoms with Gasteiger partial charge >= 0.3 is 0 Å². The molecule has 1 aliphatic heterocycles. The van der Waals surface area contributed by atoms with E-state index in [1.165, 1.54) is 21.8 Å². The summed E-state index contributed by atoms with van der Waals surface area (Å²) in [6.07, 6.45) is 1.96. The van der Waals surface area contributed by atoms with E-state index in [0.29, 0.717) is 22.6 Å². The summed E-state index contributed by atoms with van der Waals surface area (Å²) in [5.74, 6) is 0.313. The third kappa shape index (κ3) is 4.63. The molecule has 3 aromatic rings. The highest BCUT2D eigenvalue weighted by atomic mass is 79.9. The molecule has 2 heterocycles. The van der Waals surface area contributed by atoms with Crippen LogP contribution in [0.25, 0.3) is 10.2 Å². The van der Waals surface area contributed by atoms with Gasteiger partial charge in [-0.3, -0.25) is 19.8 Å². The van der Waals surface area contributed by atoms with E-state index in [2.05, 4.69) is 32.2 Å². The summed E-state index contributed by atoms with van der Waals surface area (Å²) < 4.78 is 1.72. The number of hydrogen-bond acceptors (Lipinski definition) is 6. The minimum atomic E-state index is -0.466. The Morgan fingerprint density at radius 2 is 2.03 bits per heavy atom. The average molecular weight is 475 g/mol. The van der Waals surface area contributed by atoms with Crippen LogP contribution in [0.4, 0.5) is 11.4 Å². The van der Waals surface area contributed by atoms with Crippen LogP contribution in [-0.4, -0.2) is 40.3 Å². The monoisotopic (exact) mass is 474 g/mol. The lowest BCUT2D eigenvalue weighted by Crippen LogP contribution is -2.38. The summed E-state index contributed by atoms with van der Waals surface area (Å²) >= 11 is 5.04. The molecule has 1 amide bonds. The molecule has 9 heteroatoms. The topological polar surface area (TPSA) is 88.4 Å². The van der Waals surface area contributed by atoms with Crippen LogP contribution in [-0.2, 0) is 4.79 Å². The molecule has 0 saturated carbocycles. The van der Waals surface area contributed by atoms with E-state index < -0.39 is 4.92 Å². The predicted octanol–water partition coefficient (Wildman–Crippen LogP) is 4.79. The SMILES string of the molecule is O=C(CN1CCC(c2nc3ccccc3s2)CC1)Nc1ccc([N+](=O)[O-])cc1Br. The molecule has 0 aliphatic carbocycles. The van der Waals surface area contributed by atoms with Gasteiger partial charge in [-0.05, 0) is 60.1 Å². The average Bonchev–Trinajstić information content (AvgIpc) is 3.14. The third-order valence-electron chi connectivity index (χ3n) is 5.05. The molecule has 29 heavy (non-hydrogen) atoms. The number of nitrogens with zero attached hydrogens (tertiary/aromatic N) is 3. The van der Waals surface area contributed by atoms with Crippen LogP contribution >= 0.6 is 27.3 Å². The van der Waals surface area contributed by atoms with E-state index in [0.717, 1.165) is 31.4 Å². The molecule has 0 radical (unpaired) electrons. The minimum Gasteiger partial charge on any atom is -0.324 e. The Kier molecular flexibility index (Phi) is 5.89. The molecule has 7 nitrogen and oxygen atoms in total. The van der Waals surface area contributed by atoms with Gasteiger partial charge in [0.15, 0.2) is 0 Å². The van der Waals surface area contributed by atoms with Crippen molar-refractivity contribution in [3.63, 3.8) is 0 Å². The van der Waals surface area contributed by atoms with Crippen molar-refractivity contribution in [1.29, 1.82) is 0 Å². The fraction of sp³-hybridized carbons (Fsp3) is 0.300. The lowest BCUT2D eigenvalue weighted by molar-refractivity contribution is -0.384. The molecule has 1 N–H and O–H groups in total. The van der Waals surface area contributed by atoms with Crippen LogP contribution < -0.4 is 5.32 Å². The molecule has 0 spiro atoms. The molecular formula is C20H19BrN4O3S. The number of anilines is 1. The minimum absolute atomic E-state index is 0.0215. The number of hydrogen-bond donors (Lipinski definition) is 1. The van der Waals surface area contributed by atoms with Gasteiger partial charge in [0.1, 0.15) is 0 Å². The first kappa shape index (κ1) is 19.9. The lowest BCUT2D eigenvalue weighted by atomic mass is 9.97. The smallest absolute Gasteiger partial charge is 0.270 e. The summed E-state index contributed by atoms with van der Waals surface area (Å²) in [5, 5.41) is 14.8. The molecule has 0 atom stereocenters. The quantitative estimate of drug-likeness (QED) is 0.424. The second-order valence-corrected chi connectivity index (χ2v) is 8.96. The van der Waals surface area contributed by atoms with E-state index in [1.54, 1.807) is 17.4 Å². The Morgan fingerprint density at radius 3 is 2.72 bits per heavy atom. The largest absolute Gasteiger partial charge is 0.324 e. The van der Waals surface area contributed by atoms with Gasteiger partial charge in [-0.2, -0.15) is 0 Å². The molecule has 2 aromatic carbocycles. The Labute approximate surface area is 180 Å². The van der Waals surface area contributed by atoms with Gasteiger partial charge in [0.25, 0.3) is 5.69 Å². The lowest BCUT2D eigenvalue weighted by Gasteiger charge is -2.30. The number of non-ortho nitro benzene ring substituents is 1. The Bertz CT molecular complexity index is 1030. The predicted molar refractivity (Wildman–Crippen MR) is 117 cm³/mol. The molecule has 4 rings (SSSR count). The second-order valence-electron chi connectivity index (χ2n) is 7.04. The summed E-state index contributed by atoms with van der Waals surface area (Å²) in [5.41, 5.74) is 1.57. The van der Waals surface area contributed by atoms with E-state index in [4.69, 9.17) is 4.98 Å². The van der Waals surface area contributed by atoms with Crippen molar-refractivity contribution in [2.75, 3.05) is 25.0 Å². The molecule has 0 unspecified atom stereocenters. The summed E-state index contributed by atoms with van der Waals surface area (Å²) in [7, 11) is 0.